The lowest BCUT2D eigenvalue weighted by Crippen LogP contribution is -2.40. The largest absolute Gasteiger partial charge is 0.478 e. The molecule has 1 amide bonds. The van der Waals surface area contributed by atoms with Gasteiger partial charge in [-0.1, -0.05) is 22.8 Å². The number of piperidine rings is 1. The minimum atomic E-state index is -3.75. The number of hydrogen-bond donors (Lipinski definition) is 0. The fraction of sp³-hybridized carbons (Fsp3) is 0.385. The fourth-order valence-electron chi connectivity index (χ4n) is 4.60. The summed E-state index contributed by atoms with van der Waals surface area (Å²) >= 11 is 7.92. The lowest BCUT2D eigenvalue weighted by Gasteiger charge is -2.31. The highest BCUT2D eigenvalue weighted by Gasteiger charge is 2.32. The molecule has 5 rings (SSSR count). The second-order valence-electron chi connectivity index (χ2n) is 9.30. The van der Waals surface area contributed by atoms with Crippen molar-refractivity contribution in [2.75, 3.05) is 33.1 Å². The Labute approximate surface area is 240 Å². The maximum atomic E-state index is 12.7. The first-order valence-corrected chi connectivity index (χ1v) is 15.5. The van der Waals surface area contributed by atoms with Crippen LogP contribution in [0.25, 0.3) is 0 Å². The molecule has 0 radical (unpaired) electrons. The van der Waals surface area contributed by atoms with E-state index < -0.39 is 16.2 Å². The molecule has 2 aromatic heterocycles. The Balaban J connectivity index is 1.16. The summed E-state index contributed by atoms with van der Waals surface area (Å²) in [6.07, 6.45) is 3.90. The Bertz CT molecular complexity index is 1520. The molecule has 11 nitrogen and oxygen atoms in total. The van der Waals surface area contributed by atoms with Gasteiger partial charge in [0.15, 0.2) is 24.2 Å². The second kappa shape index (κ2) is 12.0. The van der Waals surface area contributed by atoms with E-state index in [0.29, 0.717) is 53.1 Å². The van der Waals surface area contributed by atoms with E-state index in [0.717, 1.165) is 24.1 Å². The number of methoxy groups -OCH3 is 1. The van der Waals surface area contributed by atoms with Gasteiger partial charge in [0.1, 0.15) is 5.71 Å². The first-order valence-electron chi connectivity index (χ1n) is 12.5. The highest BCUT2D eigenvalue weighted by Crippen LogP contribution is 2.40. The van der Waals surface area contributed by atoms with Crippen LogP contribution < -0.4 is 13.7 Å². The SMILES string of the molecule is COc1ncccc1OCC(=O)N1CCC(c2nc(C3=NOC(c4c(Cl)cccc4OS(C)(=O)=O)C3)cs2)CC1. The highest BCUT2D eigenvalue weighted by atomic mass is 35.5. The molecule has 1 unspecified atom stereocenters. The van der Waals surface area contributed by atoms with Crippen molar-refractivity contribution in [2.24, 2.45) is 5.16 Å². The van der Waals surface area contributed by atoms with Crippen LogP contribution in [0.4, 0.5) is 0 Å². The van der Waals surface area contributed by atoms with Gasteiger partial charge in [-0.2, -0.15) is 8.42 Å². The Morgan fingerprint density at radius 1 is 1.20 bits per heavy atom. The van der Waals surface area contributed by atoms with Crippen molar-refractivity contribution in [2.45, 2.75) is 31.3 Å². The van der Waals surface area contributed by atoms with Gasteiger partial charge in [0.25, 0.3) is 11.8 Å². The second-order valence-corrected chi connectivity index (χ2v) is 12.2. The lowest BCUT2D eigenvalue weighted by molar-refractivity contribution is -0.134. The van der Waals surface area contributed by atoms with Crippen molar-refractivity contribution in [1.29, 1.82) is 0 Å². The number of carbonyl (C=O) groups excluding carboxylic acids is 1. The summed E-state index contributed by atoms with van der Waals surface area (Å²) in [4.78, 5) is 29.0. The van der Waals surface area contributed by atoms with Crippen LogP contribution in [0, 0.1) is 0 Å². The Morgan fingerprint density at radius 2 is 1.98 bits per heavy atom. The number of aromatic nitrogens is 2. The third-order valence-electron chi connectivity index (χ3n) is 6.54. The van der Waals surface area contributed by atoms with Crippen LogP contribution >= 0.6 is 22.9 Å². The van der Waals surface area contributed by atoms with Crippen LogP contribution in [0.2, 0.25) is 5.02 Å². The Morgan fingerprint density at radius 3 is 2.73 bits per heavy atom. The molecule has 0 saturated carbocycles. The minimum absolute atomic E-state index is 0.0858. The zero-order valence-corrected chi connectivity index (χ0v) is 24.2. The average molecular weight is 607 g/mol. The number of likely N-dealkylation sites (tertiary alicyclic amines) is 1. The predicted octanol–water partition coefficient (Wildman–Crippen LogP) is 4.19. The number of benzene rings is 1. The molecule has 14 heteroatoms. The number of rotatable bonds is 9. The number of halogens is 1. The molecular weight excluding hydrogens is 580 g/mol. The van der Waals surface area contributed by atoms with Crippen LogP contribution in [-0.4, -0.2) is 68.0 Å². The number of thiazole rings is 1. The van der Waals surface area contributed by atoms with Gasteiger partial charge >= 0.3 is 10.1 Å². The summed E-state index contributed by atoms with van der Waals surface area (Å²) in [5.74, 6) is 1.01. The molecule has 1 aromatic carbocycles. The normalized spacial score (nSPS) is 17.7. The molecule has 4 heterocycles. The Hall–Kier alpha value is -3.42. The van der Waals surface area contributed by atoms with Crippen molar-refractivity contribution in [3.8, 4) is 17.4 Å². The molecule has 2 aliphatic rings. The summed E-state index contributed by atoms with van der Waals surface area (Å²) in [5, 5.41) is 7.45. The van der Waals surface area contributed by atoms with Crippen LogP contribution in [-0.2, 0) is 19.8 Å². The molecule has 212 valence electrons. The number of hydrogen-bond acceptors (Lipinski definition) is 11. The fourth-order valence-corrected chi connectivity index (χ4v) is 6.36. The third kappa shape index (κ3) is 6.48. The van der Waals surface area contributed by atoms with Crippen molar-refractivity contribution in [1.82, 2.24) is 14.9 Å². The molecule has 0 bridgehead atoms. The summed E-state index contributed by atoms with van der Waals surface area (Å²) in [5.41, 5.74) is 1.78. The minimum Gasteiger partial charge on any atom is -0.478 e. The molecule has 0 N–H and O–H groups in total. The monoisotopic (exact) mass is 606 g/mol. The van der Waals surface area contributed by atoms with Crippen LogP contribution in [0.5, 0.6) is 17.4 Å². The number of ether oxygens (including phenoxy) is 2. The maximum Gasteiger partial charge on any atom is 0.306 e. The number of carbonyl (C=O) groups is 1. The summed E-state index contributed by atoms with van der Waals surface area (Å²) in [6.45, 7) is 1.12. The zero-order chi connectivity index (χ0) is 28.3. The van der Waals surface area contributed by atoms with Gasteiger partial charge in [-0.25, -0.2) is 9.97 Å². The molecule has 0 spiro atoms. The summed E-state index contributed by atoms with van der Waals surface area (Å²) < 4.78 is 39.3. The highest BCUT2D eigenvalue weighted by molar-refractivity contribution is 7.86. The molecular formula is C26H27ClN4O7S2. The zero-order valence-electron chi connectivity index (χ0n) is 21.8. The number of nitrogens with zero attached hydrogens (tertiary/aromatic N) is 4. The predicted molar refractivity (Wildman–Crippen MR) is 149 cm³/mol. The standard InChI is InChI=1S/C26H27ClN4O7S2/c1-35-25-21(7-4-10-28-25)36-14-23(32)31-11-8-16(9-12-31)26-29-19(15-39-26)18-13-22(37-30-18)24-17(27)5-3-6-20(24)38-40(2,33)34/h3-7,10,15-16,22H,8-9,11-14H2,1-2H3. The van der Waals surface area contributed by atoms with E-state index in [1.807, 2.05) is 5.38 Å². The smallest absolute Gasteiger partial charge is 0.306 e. The summed E-state index contributed by atoms with van der Waals surface area (Å²) in [6, 6.07) is 8.22. The van der Waals surface area contributed by atoms with E-state index >= 15 is 0 Å². The topological polar surface area (TPSA) is 130 Å². The first kappa shape index (κ1) is 28.1. The van der Waals surface area contributed by atoms with Crippen LogP contribution in [0.1, 0.15) is 47.5 Å². The van der Waals surface area contributed by atoms with E-state index in [1.165, 1.54) is 13.2 Å². The number of pyridine rings is 1. The van der Waals surface area contributed by atoms with E-state index in [-0.39, 0.29) is 24.2 Å². The van der Waals surface area contributed by atoms with Crippen LogP contribution in [0.15, 0.2) is 47.1 Å². The lowest BCUT2D eigenvalue weighted by atomic mass is 9.97. The van der Waals surface area contributed by atoms with Crippen molar-refractivity contribution < 1.29 is 31.7 Å². The maximum absolute atomic E-state index is 12.7. The molecule has 40 heavy (non-hydrogen) atoms. The third-order valence-corrected chi connectivity index (χ3v) is 8.36. The van der Waals surface area contributed by atoms with E-state index in [4.69, 9.17) is 35.1 Å². The molecule has 1 atom stereocenters. The van der Waals surface area contributed by atoms with Gasteiger partial charge in [-0.05, 0) is 37.1 Å². The molecule has 3 aromatic rings. The number of oxime groups is 1. The van der Waals surface area contributed by atoms with Gasteiger partial charge in [-0.15, -0.1) is 11.3 Å². The molecule has 1 fully saturated rings. The average Bonchev–Trinajstić information content (AvgIpc) is 3.62. The molecule has 2 aliphatic heterocycles. The molecule has 0 aliphatic carbocycles. The first-order chi connectivity index (χ1) is 19.2. The van der Waals surface area contributed by atoms with Gasteiger partial charge in [0, 0.05) is 37.0 Å². The van der Waals surface area contributed by atoms with Crippen molar-refractivity contribution in [3.05, 3.63) is 63.2 Å². The van der Waals surface area contributed by atoms with Gasteiger partial charge in [0.2, 0.25) is 0 Å². The van der Waals surface area contributed by atoms with Crippen molar-refractivity contribution in [3.63, 3.8) is 0 Å². The van der Waals surface area contributed by atoms with Gasteiger partial charge in [-0.3, -0.25) is 4.79 Å². The quantitative estimate of drug-likeness (QED) is 0.329. The van der Waals surface area contributed by atoms with E-state index in [1.54, 1.807) is 46.7 Å². The molecule has 1 saturated heterocycles. The van der Waals surface area contributed by atoms with Gasteiger partial charge in [0.05, 0.1) is 34.7 Å². The number of amides is 1. The van der Waals surface area contributed by atoms with Gasteiger partial charge < -0.3 is 23.4 Å². The Kier molecular flexibility index (Phi) is 8.43. The van der Waals surface area contributed by atoms with E-state index in [2.05, 4.69) is 10.1 Å². The van der Waals surface area contributed by atoms with Crippen LogP contribution in [0.3, 0.4) is 0 Å². The van der Waals surface area contributed by atoms with Crippen molar-refractivity contribution >= 4 is 44.7 Å². The summed E-state index contributed by atoms with van der Waals surface area (Å²) in [7, 11) is -2.25. The van der Waals surface area contributed by atoms with E-state index in [9.17, 15) is 13.2 Å².